The van der Waals surface area contributed by atoms with Crippen LogP contribution in [0.1, 0.15) is 72.8 Å². The maximum atomic E-state index is 13.6. The van der Waals surface area contributed by atoms with E-state index in [2.05, 4.69) is 95.0 Å². The summed E-state index contributed by atoms with van der Waals surface area (Å²) in [5.41, 5.74) is 6.09. The molecule has 0 spiro atoms. The largest absolute Gasteiger partial charge is 0.336 e. The molecule has 3 rings (SSSR count). The molecule has 0 aromatic heterocycles. The van der Waals surface area contributed by atoms with Crippen molar-refractivity contribution < 1.29 is 4.39 Å². The Morgan fingerprint density at radius 2 is 1.06 bits per heavy atom. The molecule has 0 bridgehead atoms. The van der Waals surface area contributed by atoms with Crippen molar-refractivity contribution in [2.45, 2.75) is 78.2 Å². The second-order valence-corrected chi connectivity index (χ2v) is 10.1. The van der Waals surface area contributed by atoms with Gasteiger partial charge in [-0.1, -0.05) is 76.9 Å². The van der Waals surface area contributed by atoms with Crippen molar-refractivity contribution in [1.29, 1.82) is 0 Å². The smallest absolute Gasteiger partial charge is 0.123 e. The number of anilines is 2. The maximum absolute atomic E-state index is 13.6. The van der Waals surface area contributed by atoms with Crippen molar-refractivity contribution in [3.05, 3.63) is 84.2 Å². The molecule has 0 aliphatic heterocycles. The van der Waals surface area contributed by atoms with E-state index in [-0.39, 0.29) is 16.8 Å². The molecule has 3 aromatic rings. The van der Waals surface area contributed by atoms with Crippen LogP contribution in [0.15, 0.2) is 72.8 Å². The number of hydrogen-bond donors (Lipinski definition) is 0. The van der Waals surface area contributed by atoms with Gasteiger partial charge >= 0.3 is 0 Å². The van der Waals surface area contributed by atoms with Crippen molar-refractivity contribution in [2.24, 2.45) is 0 Å². The Hall–Kier alpha value is -2.61. The summed E-state index contributed by atoms with van der Waals surface area (Å²) in [6.07, 6.45) is 4.51. The van der Waals surface area contributed by atoms with Crippen molar-refractivity contribution in [1.82, 2.24) is 0 Å². The number of hydrogen-bond acceptors (Lipinski definition) is 1. The van der Waals surface area contributed by atoms with Gasteiger partial charge in [0.2, 0.25) is 0 Å². The molecule has 3 aromatic carbocycles. The van der Waals surface area contributed by atoms with Gasteiger partial charge < -0.3 is 4.90 Å². The Morgan fingerprint density at radius 1 is 0.625 bits per heavy atom. The van der Waals surface area contributed by atoms with Gasteiger partial charge in [0.15, 0.2) is 0 Å². The zero-order chi connectivity index (χ0) is 23.4. The summed E-state index contributed by atoms with van der Waals surface area (Å²) in [4.78, 5) is 2.33. The zero-order valence-electron chi connectivity index (χ0n) is 20.6. The fraction of sp³-hybridized carbons (Fsp3) is 0.400. The third-order valence-electron chi connectivity index (χ3n) is 6.55. The van der Waals surface area contributed by atoms with Crippen LogP contribution < -0.4 is 4.90 Å². The van der Waals surface area contributed by atoms with Gasteiger partial charge in [0.05, 0.1) is 0 Å². The molecule has 0 atom stereocenters. The topological polar surface area (TPSA) is 3.24 Å². The van der Waals surface area contributed by atoms with Crippen molar-refractivity contribution in [3.63, 3.8) is 0 Å². The van der Waals surface area contributed by atoms with Gasteiger partial charge in [0.1, 0.15) is 5.82 Å². The van der Waals surface area contributed by atoms with Crippen LogP contribution in [-0.4, -0.2) is 5.54 Å². The van der Waals surface area contributed by atoms with Gasteiger partial charge in [-0.3, -0.25) is 0 Å². The highest BCUT2D eigenvalue weighted by atomic mass is 19.1. The summed E-state index contributed by atoms with van der Waals surface area (Å²) >= 11 is 0. The summed E-state index contributed by atoms with van der Waals surface area (Å²) in [7, 11) is 0. The lowest BCUT2D eigenvalue weighted by molar-refractivity contribution is 0.459. The van der Waals surface area contributed by atoms with E-state index < -0.39 is 0 Å². The highest BCUT2D eigenvalue weighted by Gasteiger charge is 2.28. The molecule has 0 saturated heterocycles. The average Bonchev–Trinajstić information content (AvgIpc) is 2.76. The van der Waals surface area contributed by atoms with Gasteiger partial charge in [-0.05, 0) is 85.2 Å². The molecule has 0 N–H and O–H groups in total. The monoisotopic (exact) mass is 431 g/mol. The van der Waals surface area contributed by atoms with Crippen LogP contribution in [0.5, 0.6) is 0 Å². The molecule has 0 saturated carbocycles. The van der Waals surface area contributed by atoms with Crippen molar-refractivity contribution in [2.75, 3.05) is 4.90 Å². The summed E-state index contributed by atoms with van der Waals surface area (Å²) in [5.74, 6) is -0.206. The summed E-state index contributed by atoms with van der Waals surface area (Å²) in [6.45, 7) is 13.6. The first-order valence-corrected chi connectivity index (χ1v) is 11.9. The molecule has 0 radical (unpaired) electrons. The van der Waals surface area contributed by atoms with E-state index in [1.165, 1.54) is 29.5 Å². The molecule has 32 heavy (non-hydrogen) atoms. The van der Waals surface area contributed by atoms with Gasteiger partial charge in [-0.15, -0.1) is 0 Å². The Labute approximate surface area is 194 Å². The third kappa shape index (κ3) is 5.41. The molecule has 170 valence electrons. The Kier molecular flexibility index (Phi) is 7.44. The number of halogens is 1. The second kappa shape index (κ2) is 9.90. The Balaban J connectivity index is 1.91. The van der Waals surface area contributed by atoms with E-state index in [1.807, 2.05) is 12.1 Å². The van der Waals surface area contributed by atoms with Gasteiger partial charge in [0.25, 0.3) is 0 Å². The van der Waals surface area contributed by atoms with Gasteiger partial charge in [0, 0.05) is 16.9 Å². The molecule has 0 amide bonds. The first-order valence-electron chi connectivity index (χ1n) is 11.9. The van der Waals surface area contributed by atoms with E-state index in [1.54, 1.807) is 12.1 Å². The highest BCUT2D eigenvalue weighted by Crippen LogP contribution is 2.37. The van der Waals surface area contributed by atoms with E-state index in [4.69, 9.17) is 0 Å². The van der Waals surface area contributed by atoms with Crippen molar-refractivity contribution in [3.8, 4) is 11.1 Å². The normalized spacial score (nSPS) is 12.1. The van der Waals surface area contributed by atoms with E-state index >= 15 is 0 Å². The lowest BCUT2D eigenvalue weighted by atomic mass is 9.80. The van der Waals surface area contributed by atoms with Crippen LogP contribution >= 0.6 is 0 Å². The minimum Gasteiger partial charge on any atom is -0.336 e. The Morgan fingerprint density at radius 3 is 1.53 bits per heavy atom. The second-order valence-electron chi connectivity index (χ2n) is 10.1. The standard InChI is InChI=1S/C30H38FN/c1-7-21-29(3,4)25-13-9-23(10-14-25)24-11-17-27(18-12-24)32(30(5,6)22-8-2)28-19-15-26(31)16-20-28/h9-20H,7-8,21-22H2,1-6H3. The average molecular weight is 432 g/mol. The SMILES string of the molecule is CCCC(C)(C)c1ccc(-c2ccc(N(c3ccc(F)cc3)C(C)(C)CCC)cc2)cc1. The highest BCUT2D eigenvalue weighted by molar-refractivity contribution is 5.71. The maximum Gasteiger partial charge on any atom is 0.123 e. The molecule has 0 aliphatic rings. The first-order chi connectivity index (χ1) is 15.2. The molecule has 0 heterocycles. The van der Waals surface area contributed by atoms with Crippen LogP contribution in [0.3, 0.4) is 0 Å². The predicted octanol–water partition coefficient (Wildman–Crippen LogP) is 9.29. The number of benzene rings is 3. The lowest BCUT2D eigenvalue weighted by Crippen LogP contribution is -2.40. The van der Waals surface area contributed by atoms with Gasteiger partial charge in [-0.25, -0.2) is 4.39 Å². The van der Waals surface area contributed by atoms with E-state index in [9.17, 15) is 4.39 Å². The van der Waals surface area contributed by atoms with Crippen LogP contribution in [0.2, 0.25) is 0 Å². The van der Waals surface area contributed by atoms with Gasteiger partial charge in [-0.2, -0.15) is 0 Å². The molecule has 0 unspecified atom stereocenters. The van der Waals surface area contributed by atoms with E-state index in [0.29, 0.717) is 0 Å². The predicted molar refractivity (Wildman–Crippen MR) is 137 cm³/mol. The van der Waals surface area contributed by atoms with Crippen molar-refractivity contribution >= 4 is 11.4 Å². The number of nitrogens with zero attached hydrogens (tertiary/aromatic N) is 1. The first kappa shape index (κ1) is 24.0. The molecule has 1 nitrogen and oxygen atoms in total. The van der Waals surface area contributed by atoms with Crippen LogP contribution in [0.25, 0.3) is 11.1 Å². The van der Waals surface area contributed by atoms with E-state index in [0.717, 1.165) is 24.2 Å². The number of rotatable bonds is 9. The minimum absolute atomic E-state index is 0.0827. The van der Waals surface area contributed by atoms with Crippen LogP contribution in [0.4, 0.5) is 15.8 Å². The molecular weight excluding hydrogens is 393 g/mol. The lowest BCUT2D eigenvalue weighted by Gasteiger charge is -2.40. The summed E-state index contributed by atoms with van der Waals surface area (Å²) in [6, 6.07) is 24.6. The Bertz CT molecular complexity index is 983. The zero-order valence-corrected chi connectivity index (χ0v) is 20.6. The molecule has 0 fully saturated rings. The van der Waals surface area contributed by atoms with Crippen LogP contribution in [0, 0.1) is 5.82 Å². The minimum atomic E-state index is -0.206. The molecular formula is C30H38FN. The fourth-order valence-corrected chi connectivity index (χ4v) is 4.85. The third-order valence-corrected chi connectivity index (χ3v) is 6.55. The molecule has 0 aliphatic carbocycles. The summed E-state index contributed by atoms with van der Waals surface area (Å²) < 4.78 is 13.6. The quantitative estimate of drug-likeness (QED) is 0.326. The molecule has 2 heteroatoms. The van der Waals surface area contributed by atoms with Crippen LogP contribution in [-0.2, 0) is 5.41 Å². The fourth-order valence-electron chi connectivity index (χ4n) is 4.85. The summed E-state index contributed by atoms with van der Waals surface area (Å²) in [5, 5.41) is 0.